The second-order valence-corrected chi connectivity index (χ2v) is 5.32. The van der Waals surface area contributed by atoms with E-state index in [1.807, 2.05) is 13.8 Å². The standard InChI is InChI=1S/C13H15ClN2O5/c1-7(2)5-11(13(18)19)15-12(17)9-6-8(16(20)21)3-4-10(9)14/h3-4,6-7,11H,5H2,1-2H3,(H,15,17)(H,18,19). The number of nitro benzene ring substituents is 1. The summed E-state index contributed by atoms with van der Waals surface area (Å²) in [4.78, 5) is 33.2. The number of halogens is 1. The number of carbonyl (C=O) groups excluding carboxylic acids is 1. The summed E-state index contributed by atoms with van der Waals surface area (Å²) in [7, 11) is 0. The number of hydrogen-bond acceptors (Lipinski definition) is 4. The molecule has 0 radical (unpaired) electrons. The fourth-order valence-electron chi connectivity index (χ4n) is 1.73. The second-order valence-electron chi connectivity index (χ2n) is 4.92. The van der Waals surface area contributed by atoms with Gasteiger partial charge in [0.05, 0.1) is 15.5 Å². The highest BCUT2D eigenvalue weighted by Crippen LogP contribution is 2.22. The Bertz CT molecular complexity index is 574. The molecule has 0 spiro atoms. The summed E-state index contributed by atoms with van der Waals surface area (Å²) in [6.45, 7) is 3.64. The van der Waals surface area contributed by atoms with E-state index >= 15 is 0 Å². The van der Waals surface area contributed by atoms with Crippen molar-refractivity contribution in [2.45, 2.75) is 26.3 Å². The Morgan fingerprint density at radius 2 is 2.05 bits per heavy atom. The molecule has 0 heterocycles. The number of nitro groups is 1. The fraction of sp³-hybridized carbons (Fsp3) is 0.385. The number of rotatable bonds is 6. The zero-order valence-electron chi connectivity index (χ0n) is 11.5. The number of carbonyl (C=O) groups is 2. The zero-order chi connectivity index (χ0) is 16.2. The predicted octanol–water partition coefficient (Wildman–Crippen LogP) is 2.48. The third-order valence-electron chi connectivity index (χ3n) is 2.72. The SMILES string of the molecule is CC(C)CC(NC(=O)c1cc([N+](=O)[O-])ccc1Cl)C(=O)O. The third-order valence-corrected chi connectivity index (χ3v) is 3.05. The first-order valence-electron chi connectivity index (χ1n) is 6.20. The molecule has 1 atom stereocenters. The number of benzene rings is 1. The van der Waals surface area contributed by atoms with Crippen molar-refractivity contribution in [3.63, 3.8) is 0 Å². The lowest BCUT2D eigenvalue weighted by Gasteiger charge is -2.16. The van der Waals surface area contributed by atoms with Crippen LogP contribution in [-0.4, -0.2) is 27.9 Å². The van der Waals surface area contributed by atoms with Crippen LogP contribution in [0.3, 0.4) is 0 Å². The molecule has 1 amide bonds. The molecule has 0 aliphatic rings. The van der Waals surface area contributed by atoms with Crippen molar-refractivity contribution in [1.29, 1.82) is 0 Å². The number of nitrogens with zero attached hydrogens (tertiary/aromatic N) is 1. The molecule has 21 heavy (non-hydrogen) atoms. The Morgan fingerprint density at radius 3 is 2.52 bits per heavy atom. The fourth-order valence-corrected chi connectivity index (χ4v) is 1.93. The number of carboxylic acid groups (broad SMARTS) is 1. The summed E-state index contributed by atoms with van der Waals surface area (Å²) in [6, 6.07) is 2.34. The predicted molar refractivity (Wildman–Crippen MR) is 76.5 cm³/mol. The van der Waals surface area contributed by atoms with Crippen molar-refractivity contribution in [3.05, 3.63) is 38.9 Å². The highest BCUT2D eigenvalue weighted by molar-refractivity contribution is 6.34. The quantitative estimate of drug-likeness (QED) is 0.619. The van der Waals surface area contributed by atoms with Crippen LogP contribution in [0.1, 0.15) is 30.6 Å². The maximum atomic E-state index is 12.1. The number of non-ortho nitro benzene ring substituents is 1. The molecule has 1 aromatic carbocycles. The summed E-state index contributed by atoms with van der Waals surface area (Å²) < 4.78 is 0. The maximum Gasteiger partial charge on any atom is 0.326 e. The van der Waals surface area contributed by atoms with Crippen molar-refractivity contribution in [3.8, 4) is 0 Å². The topological polar surface area (TPSA) is 110 Å². The van der Waals surface area contributed by atoms with E-state index in [1.54, 1.807) is 0 Å². The highest BCUT2D eigenvalue weighted by atomic mass is 35.5. The molecule has 0 fully saturated rings. The van der Waals surface area contributed by atoms with Gasteiger partial charge in [-0.2, -0.15) is 0 Å². The van der Waals surface area contributed by atoms with Crippen molar-refractivity contribution >= 4 is 29.2 Å². The Morgan fingerprint density at radius 1 is 1.43 bits per heavy atom. The Balaban J connectivity index is 2.99. The molecule has 0 saturated carbocycles. The van der Waals surface area contributed by atoms with Gasteiger partial charge in [-0.3, -0.25) is 14.9 Å². The third kappa shape index (κ3) is 4.71. The van der Waals surface area contributed by atoms with Crippen molar-refractivity contribution < 1.29 is 19.6 Å². The molecule has 1 rings (SSSR count). The molecule has 1 aromatic rings. The van der Waals surface area contributed by atoms with E-state index in [1.165, 1.54) is 12.1 Å². The summed E-state index contributed by atoms with van der Waals surface area (Å²) >= 11 is 5.83. The van der Waals surface area contributed by atoms with E-state index in [9.17, 15) is 19.7 Å². The Hall–Kier alpha value is -2.15. The van der Waals surface area contributed by atoms with Crippen LogP contribution < -0.4 is 5.32 Å². The van der Waals surface area contributed by atoms with Crippen LogP contribution in [-0.2, 0) is 4.79 Å². The van der Waals surface area contributed by atoms with Gasteiger partial charge < -0.3 is 10.4 Å². The highest BCUT2D eigenvalue weighted by Gasteiger charge is 2.24. The first-order chi connectivity index (χ1) is 9.72. The molecule has 0 aliphatic heterocycles. The van der Waals surface area contributed by atoms with Crippen LogP contribution in [0, 0.1) is 16.0 Å². The van der Waals surface area contributed by atoms with Crippen LogP contribution in [0.2, 0.25) is 5.02 Å². The number of carboxylic acids is 1. The number of hydrogen-bond donors (Lipinski definition) is 2. The largest absolute Gasteiger partial charge is 0.480 e. The van der Waals surface area contributed by atoms with Gasteiger partial charge in [-0.25, -0.2) is 4.79 Å². The Kier molecular flexibility index (Phi) is 5.66. The first kappa shape index (κ1) is 16.9. The molecule has 2 N–H and O–H groups in total. The van der Waals surface area contributed by atoms with Gasteiger partial charge in [0, 0.05) is 12.1 Å². The molecule has 0 aliphatic carbocycles. The van der Waals surface area contributed by atoms with Crippen molar-refractivity contribution in [1.82, 2.24) is 5.32 Å². The van der Waals surface area contributed by atoms with Gasteiger partial charge in [0.2, 0.25) is 0 Å². The van der Waals surface area contributed by atoms with Crippen LogP contribution in [0.25, 0.3) is 0 Å². The van der Waals surface area contributed by atoms with Gasteiger partial charge in [0.15, 0.2) is 0 Å². The summed E-state index contributed by atoms with van der Waals surface area (Å²) in [6.07, 6.45) is 0.244. The van der Waals surface area contributed by atoms with Crippen molar-refractivity contribution in [2.24, 2.45) is 5.92 Å². The minimum atomic E-state index is -1.17. The van der Waals surface area contributed by atoms with E-state index in [0.29, 0.717) is 0 Å². The lowest BCUT2D eigenvalue weighted by molar-refractivity contribution is -0.384. The molecule has 1 unspecified atom stereocenters. The molecule has 0 saturated heterocycles. The average molecular weight is 315 g/mol. The van der Waals surface area contributed by atoms with Crippen LogP contribution in [0.15, 0.2) is 18.2 Å². The molecule has 114 valence electrons. The van der Waals surface area contributed by atoms with E-state index < -0.39 is 22.8 Å². The smallest absolute Gasteiger partial charge is 0.326 e. The van der Waals surface area contributed by atoms with Gasteiger partial charge >= 0.3 is 5.97 Å². The van der Waals surface area contributed by atoms with Gasteiger partial charge in [0.25, 0.3) is 11.6 Å². The molecule has 0 aromatic heterocycles. The minimum absolute atomic E-state index is 0.0202. The van der Waals surface area contributed by atoms with E-state index in [-0.39, 0.29) is 28.6 Å². The van der Waals surface area contributed by atoms with Crippen LogP contribution in [0.4, 0.5) is 5.69 Å². The van der Waals surface area contributed by atoms with Crippen LogP contribution >= 0.6 is 11.6 Å². The molecular formula is C13H15ClN2O5. The lowest BCUT2D eigenvalue weighted by atomic mass is 10.0. The summed E-state index contributed by atoms with van der Waals surface area (Å²) in [5.41, 5.74) is -0.416. The number of amides is 1. The van der Waals surface area contributed by atoms with E-state index in [4.69, 9.17) is 16.7 Å². The van der Waals surface area contributed by atoms with Gasteiger partial charge in [-0.05, 0) is 18.4 Å². The monoisotopic (exact) mass is 314 g/mol. The normalized spacial score (nSPS) is 12.0. The van der Waals surface area contributed by atoms with Gasteiger partial charge in [0.1, 0.15) is 6.04 Å². The average Bonchev–Trinajstić information content (AvgIpc) is 2.37. The van der Waals surface area contributed by atoms with Crippen LogP contribution in [0.5, 0.6) is 0 Å². The number of nitrogens with one attached hydrogen (secondary N) is 1. The van der Waals surface area contributed by atoms with E-state index in [2.05, 4.69) is 5.32 Å². The zero-order valence-corrected chi connectivity index (χ0v) is 12.3. The second kappa shape index (κ2) is 7.03. The first-order valence-corrected chi connectivity index (χ1v) is 6.57. The lowest BCUT2D eigenvalue weighted by Crippen LogP contribution is -2.41. The van der Waals surface area contributed by atoms with E-state index in [0.717, 1.165) is 6.07 Å². The summed E-state index contributed by atoms with van der Waals surface area (Å²) in [5.74, 6) is -1.86. The van der Waals surface area contributed by atoms with Crippen molar-refractivity contribution in [2.75, 3.05) is 0 Å². The Labute approximate surface area is 126 Å². The minimum Gasteiger partial charge on any atom is -0.480 e. The van der Waals surface area contributed by atoms with Gasteiger partial charge in [-0.15, -0.1) is 0 Å². The summed E-state index contributed by atoms with van der Waals surface area (Å²) in [5, 5.41) is 22.1. The maximum absolute atomic E-state index is 12.1. The molecule has 7 nitrogen and oxygen atoms in total. The van der Waals surface area contributed by atoms with Gasteiger partial charge in [-0.1, -0.05) is 25.4 Å². The number of aliphatic carboxylic acids is 1. The molecule has 8 heteroatoms. The molecular weight excluding hydrogens is 300 g/mol. The molecule has 0 bridgehead atoms.